The zero-order valence-corrected chi connectivity index (χ0v) is 8.72. The number of thiophene rings is 1. The largest absolute Gasteiger partial charge is 0.506 e. The van der Waals surface area contributed by atoms with E-state index in [4.69, 9.17) is 10.0 Å². The van der Waals surface area contributed by atoms with Crippen molar-refractivity contribution in [3.63, 3.8) is 0 Å². The molecule has 0 aliphatic heterocycles. The van der Waals surface area contributed by atoms with E-state index in [-0.39, 0.29) is 11.2 Å². The highest BCUT2D eigenvalue weighted by Gasteiger charge is 2.14. The summed E-state index contributed by atoms with van der Waals surface area (Å²) in [7, 11) is -1.56. The Labute approximate surface area is 90.2 Å². The van der Waals surface area contributed by atoms with Crippen molar-refractivity contribution in [2.24, 2.45) is 0 Å². The van der Waals surface area contributed by atoms with Gasteiger partial charge in [0.2, 0.25) is 0 Å². The van der Waals surface area contributed by atoms with Crippen LogP contribution in [0.25, 0.3) is 10.1 Å². The van der Waals surface area contributed by atoms with Gasteiger partial charge >= 0.3 is 7.12 Å². The summed E-state index contributed by atoms with van der Waals surface area (Å²) in [4.78, 5) is 0. The van der Waals surface area contributed by atoms with Crippen LogP contribution in [0.15, 0.2) is 22.4 Å². The molecule has 0 unspecified atom stereocenters. The monoisotopic (exact) mass is 226 g/mol. The topological polar surface area (TPSA) is 60.7 Å². The Kier molecular flexibility index (Phi) is 2.44. The lowest BCUT2D eigenvalue weighted by atomic mass is 9.80. The first-order valence-electron chi connectivity index (χ1n) is 3.89. The van der Waals surface area contributed by atoms with Gasteiger partial charge in [-0.2, -0.15) is 0 Å². The number of hydrogen-bond acceptors (Lipinski definition) is 5. The molecule has 0 spiro atoms. The molecule has 1 aromatic carbocycles. The Morgan fingerprint density at radius 2 is 1.93 bits per heavy atom. The first-order valence-corrected chi connectivity index (χ1v) is 5.16. The molecule has 0 saturated heterocycles. The molecule has 0 bridgehead atoms. The van der Waals surface area contributed by atoms with E-state index in [1.165, 1.54) is 17.4 Å². The molecular weight excluding hydrogens is 219 g/mol. The first-order chi connectivity index (χ1) is 6.58. The predicted octanol–water partition coefficient (Wildman–Crippen LogP) is 0.575. The van der Waals surface area contributed by atoms with E-state index >= 15 is 0 Å². The van der Waals surface area contributed by atoms with Gasteiger partial charge in [-0.05, 0) is 23.0 Å². The minimum absolute atomic E-state index is 0.0518. The van der Waals surface area contributed by atoms with Crippen LogP contribution in [0.5, 0.6) is 5.75 Å². The number of phenolic OH excluding ortho intramolecular Hbond substituents is 1. The fraction of sp³-hybridized carbons (Fsp3) is 0. The molecule has 2 rings (SSSR count). The molecule has 72 valence electrons. The summed E-state index contributed by atoms with van der Waals surface area (Å²) in [6.45, 7) is 0. The maximum absolute atomic E-state index is 9.57. The second-order valence-corrected chi connectivity index (χ2v) is 4.75. The van der Waals surface area contributed by atoms with Crippen LogP contribution in [-0.2, 0) is 0 Å². The number of benzene rings is 1. The van der Waals surface area contributed by atoms with E-state index in [0.717, 1.165) is 9.60 Å². The van der Waals surface area contributed by atoms with Crippen LogP contribution >= 0.6 is 24.0 Å². The van der Waals surface area contributed by atoms with E-state index in [1.807, 2.05) is 0 Å². The normalized spacial score (nSPS) is 10.8. The molecule has 0 atom stereocenters. The van der Waals surface area contributed by atoms with Crippen molar-refractivity contribution < 1.29 is 15.2 Å². The third kappa shape index (κ3) is 1.61. The highest BCUT2D eigenvalue weighted by molar-refractivity contribution is 7.83. The molecule has 0 fully saturated rings. The Morgan fingerprint density at radius 3 is 2.57 bits per heavy atom. The molecule has 3 N–H and O–H groups in total. The van der Waals surface area contributed by atoms with Crippen LogP contribution in [0.2, 0.25) is 0 Å². The van der Waals surface area contributed by atoms with Crippen molar-refractivity contribution >= 4 is 46.6 Å². The number of fused-ring (bicyclic) bond motifs is 1. The lowest BCUT2D eigenvalue weighted by Gasteiger charge is -2.01. The van der Waals surface area contributed by atoms with Crippen molar-refractivity contribution in [2.75, 3.05) is 0 Å². The van der Waals surface area contributed by atoms with E-state index in [1.54, 1.807) is 12.1 Å². The van der Waals surface area contributed by atoms with Crippen molar-refractivity contribution in [1.82, 2.24) is 0 Å². The molecule has 3 nitrogen and oxygen atoms in total. The first kappa shape index (κ1) is 9.85. The highest BCUT2D eigenvalue weighted by Crippen LogP contribution is 2.33. The minimum atomic E-state index is -1.56. The lowest BCUT2D eigenvalue weighted by molar-refractivity contribution is 0.425. The lowest BCUT2D eigenvalue weighted by Crippen LogP contribution is -2.29. The van der Waals surface area contributed by atoms with Crippen LogP contribution in [0.3, 0.4) is 0 Å². The van der Waals surface area contributed by atoms with Gasteiger partial charge in [-0.25, -0.2) is 0 Å². The second kappa shape index (κ2) is 3.47. The Balaban J connectivity index is 2.71. The van der Waals surface area contributed by atoms with Crippen LogP contribution in [0.4, 0.5) is 0 Å². The van der Waals surface area contributed by atoms with Crippen molar-refractivity contribution in [3.05, 3.63) is 18.2 Å². The van der Waals surface area contributed by atoms with Crippen LogP contribution in [0, 0.1) is 0 Å². The summed E-state index contributed by atoms with van der Waals surface area (Å²) in [5.74, 6) is 0.0518. The second-order valence-electron chi connectivity index (χ2n) is 2.92. The van der Waals surface area contributed by atoms with Gasteiger partial charge in [0, 0.05) is 0 Å². The number of aromatic hydroxyl groups is 1. The molecule has 0 saturated carbocycles. The SMILES string of the molecule is OB(O)c1cc(O)c2sc(S)cc2c1. The van der Waals surface area contributed by atoms with Crippen LogP contribution in [-0.4, -0.2) is 22.3 Å². The van der Waals surface area contributed by atoms with E-state index < -0.39 is 7.12 Å². The van der Waals surface area contributed by atoms with E-state index in [0.29, 0.717) is 4.70 Å². The average Bonchev–Trinajstić information content (AvgIpc) is 2.45. The summed E-state index contributed by atoms with van der Waals surface area (Å²) in [6, 6.07) is 4.74. The average molecular weight is 226 g/mol. The van der Waals surface area contributed by atoms with Crippen LogP contribution < -0.4 is 5.46 Å². The maximum atomic E-state index is 9.57. The van der Waals surface area contributed by atoms with Gasteiger partial charge < -0.3 is 15.2 Å². The third-order valence-corrected chi connectivity index (χ3v) is 3.28. The molecule has 6 heteroatoms. The van der Waals surface area contributed by atoms with Gasteiger partial charge in [-0.1, -0.05) is 6.07 Å². The standard InChI is InChI=1S/C8H7BO3S2/c10-6-3-5(9(11)12)1-4-2-7(13)14-8(4)6/h1-3,10-13H. The predicted molar refractivity (Wildman–Crippen MR) is 60.6 cm³/mol. The van der Waals surface area contributed by atoms with Gasteiger partial charge in [0.05, 0.1) is 8.91 Å². The molecule has 1 heterocycles. The zero-order chi connectivity index (χ0) is 10.3. The fourth-order valence-corrected chi connectivity index (χ4v) is 2.50. The smallest absolute Gasteiger partial charge is 0.488 e. The summed E-state index contributed by atoms with van der Waals surface area (Å²) >= 11 is 5.51. The van der Waals surface area contributed by atoms with Crippen molar-refractivity contribution in [3.8, 4) is 5.75 Å². The molecule has 2 aromatic rings. The Bertz CT molecular complexity index is 481. The fourth-order valence-electron chi connectivity index (χ4n) is 1.29. The Hall–Kier alpha value is -0.685. The minimum Gasteiger partial charge on any atom is -0.506 e. The highest BCUT2D eigenvalue weighted by atomic mass is 32.2. The van der Waals surface area contributed by atoms with Gasteiger partial charge in [0.1, 0.15) is 5.75 Å². The van der Waals surface area contributed by atoms with Crippen LogP contribution in [0.1, 0.15) is 0 Å². The molecule has 0 aliphatic carbocycles. The van der Waals surface area contributed by atoms with E-state index in [9.17, 15) is 5.11 Å². The molecular formula is C8H7BO3S2. The van der Waals surface area contributed by atoms with Gasteiger partial charge in [-0.3, -0.25) is 0 Å². The maximum Gasteiger partial charge on any atom is 0.488 e. The number of rotatable bonds is 1. The summed E-state index contributed by atoms with van der Waals surface area (Å²) in [5, 5.41) is 28.2. The summed E-state index contributed by atoms with van der Waals surface area (Å²) < 4.78 is 1.49. The number of thiol groups is 1. The van der Waals surface area contributed by atoms with E-state index in [2.05, 4.69) is 12.6 Å². The number of hydrogen-bond donors (Lipinski definition) is 4. The molecule has 1 aromatic heterocycles. The molecule has 14 heavy (non-hydrogen) atoms. The summed E-state index contributed by atoms with van der Waals surface area (Å²) in [5.41, 5.74) is 0.279. The number of phenols is 1. The van der Waals surface area contributed by atoms with Crippen molar-refractivity contribution in [2.45, 2.75) is 4.21 Å². The third-order valence-electron chi connectivity index (χ3n) is 1.90. The quantitative estimate of drug-likeness (QED) is 0.425. The molecule has 0 aliphatic rings. The summed E-state index contributed by atoms with van der Waals surface area (Å²) in [6.07, 6.45) is 0. The zero-order valence-electron chi connectivity index (χ0n) is 7.01. The Morgan fingerprint density at radius 1 is 1.21 bits per heavy atom. The van der Waals surface area contributed by atoms with Gasteiger partial charge in [0.15, 0.2) is 0 Å². The van der Waals surface area contributed by atoms with Gasteiger partial charge in [0.25, 0.3) is 0 Å². The molecule has 0 amide bonds. The van der Waals surface area contributed by atoms with Crippen molar-refractivity contribution in [1.29, 1.82) is 0 Å². The van der Waals surface area contributed by atoms with Gasteiger partial charge in [-0.15, -0.1) is 24.0 Å². The molecule has 0 radical (unpaired) electrons.